The summed E-state index contributed by atoms with van der Waals surface area (Å²) in [4.78, 5) is 0. The van der Waals surface area contributed by atoms with E-state index in [1.165, 1.54) is 29.5 Å². The molecule has 1 aliphatic rings. The molecule has 1 heterocycles. The highest BCUT2D eigenvalue weighted by Gasteiger charge is 2.27. The zero-order chi connectivity index (χ0) is 13.9. The van der Waals surface area contributed by atoms with E-state index >= 15 is 0 Å². The summed E-state index contributed by atoms with van der Waals surface area (Å²) in [6.07, 6.45) is 2.33. The fourth-order valence-electron chi connectivity index (χ4n) is 2.82. The highest BCUT2D eigenvalue weighted by atomic mass is 16.5. The molecule has 1 aromatic rings. The van der Waals surface area contributed by atoms with Gasteiger partial charge in [-0.1, -0.05) is 36.2 Å². The second-order valence-corrected chi connectivity index (χ2v) is 6.45. The van der Waals surface area contributed by atoms with E-state index in [0.29, 0.717) is 11.5 Å². The minimum absolute atomic E-state index is 0.394. The molecule has 0 aliphatic carbocycles. The Morgan fingerprint density at radius 2 is 1.74 bits per heavy atom. The molecule has 1 fully saturated rings. The lowest BCUT2D eigenvalue weighted by molar-refractivity contribution is 0.0231. The minimum Gasteiger partial charge on any atom is -0.381 e. The normalized spacial score (nSPS) is 20.2. The second kappa shape index (κ2) is 6.06. The quantitative estimate of drug-likeness (QED) is 0.891. The molecule has 106 valence electrons. The van der Waals surface area contributed by atoms with Crippen molar-refractivity contribution in [3.05, 3.63) is 34.9 Å². The van der Waals surface area contributed by atoms with Gasteiger partial charge in [-0.2, -0.15) is 0 Å². The van der Waals surface area contributed by atoms with Crippen molar-refractivity contribution < 1.29 is 4.74 Å². The summed E-state index contributed by atoms with van der Waals surface area (Å²) in [7, 11) is 0. The van der Waals surface area contributed by atoms with Gasteiger partial charge in [0, 0.05) is 25.8 Å². The molecule has 0 amide bonds. The van der Waals surface area contributed by atoms with Gasteiger partial charge in [0.05, 0.1) is 0 Å². The molecular formula is C17H27NO. The lowest BCUT2D eigenvalue weighted by Gasteiger charge is -2.35. The van der Waals surface area contributed by atoms with Crippen molar-refractivity contribution in [1.29, 1.82) is 0 Å². The van der Waals surface area contributed by atoms with Gasteiger partial charge < -0.3 is 10.1 Å². The summed E-state index contributed by atoms with van der Waals surface area (Å²) in [6, 6.07) is 7.22. The van der Waals surface area contributed by atoms with E-state index in [9.17, 15) is 0 Å². The Morgan fingerprint density at radius 1 is 1.16 bits per heavy atom. The maximum atomic E-state index is 5.46. The first-order chi connectivity index (χ1) is 8.98. The van der Waals surface area contributed by atoms with Gasteiger partial charge in [0.1, 0.15) is 0 Å². The first-order valence-corrected chi connectivity index (χ1v) is 7.38. The fraction of sp³-hybridized carbons (Fsp3) is 0.647. The molecule has 2 heteroatoms. The molecule has 1 aromatic carbocycles. The topological polar surface area (TPSA) is 21.3 Å². The van der Waals surface area contributed by atoms with Gasteiger partial charge in [0.2, 0.25) is 0 Å². The van der Waals surface area contributed by atoms with Gasteiger partial charge in [-0.05, 0) is 44.6 Å². The summed E-state index contributed by atoms with van der Waals surface area (Å²) in [6.45, 7) is 11.9. The molecule has 2 nitrogen and oxygen atoms in total. The number of aryl methyl sites for hydroxylation is 2. The standard InChI is InChI=1S/C17H27NO/c1-13-9-14(2)11-16(10-13)15(3)18-12-17(4)5-7-19-8-6-17/h9-11,15,18H,5-8,12H2,1-4H3. The Morgan fingerprint density at radius 3 is 2.32 bits per heavy atom. The number of benzene rings is 1. The Bertz CT molecular complexity index is 401. The molecule has 0 bridgehead atoms. The van der Waals surface area contributed by atoms with Crippen LogP contribution in [0.4, 0.5) is 0 Å². The van der Waals surface area contributed by atoms with Crippen molar-refractivity contribution in [1.82, 2.24) is 5.32 Å². The predicted molar refractivity (Wildman–Crippen MR) is 80.5 cm³/mol. The number of hydrogen-bond donors (Lipinski definition) is 1. The van der Waals surface area contributed by atoms with Crippen molar-refractivity contribution in [3.8, 4) is 0 Å². The lowest BCUT2D eigenvalue weighted by atomic mass is 9.82. The van der Waals surface area contributed by atoms with Crippen LogP contribution in [0.5, 0.6) is 0 Å². The summed E-state index contributed by atoms with van der Waals surface area (Å²) < 4.78 is 5.46. The molecule has 1 N–H and O–H groups in total. The summed E-state index contributed by atoms with van der Waals surface area (Å²) in [5.41, 5.74) is 4.49. The van der Waals surface area contributed by atoms with Crippen LogP contribution in [-0.4, -0.2) is 19.8 Å². The number of nitrogens with one attached hydrogen (secondary N) is 1. The van der Waals surface area contributed by atoms with Gasteiger partial charge in [0.15, 0.2) is 0 Å². The average Bonchev–Trinajstić information content (AvgIpc) is 2.36. The number of hydrogen-bond acceptors (Lipinski definition) is 2. The van der Waals surface area contributed by atoms with Gasteiger partial charge in [-0.25, -0.2) is 0 Å². The van der Waals surface area contributed by atoms with Gasteiger partial charge in [-0.3, -0.25) is 0 Å². The van der Waals surface area contributed by atoms with E-state index in [4.69, 9.17) is 4.74 Å². The summed E-state index contributed by atoms with van der Waals surface area (Å²) >= 11 is 0. The van der Waals surface area contributed by atoms with E-state index in [-0.39, 0.29) is 0 Å². The smallest absolute Gasteiger partial charge is 0.0471 e. The van der Waals surface area contributed by atoms with Gasteiger partial charge >= 0.3 is 0 Å². The summed E-state index contributed by atoms with van der Waals surface area (Å²) in [5.74, 6) is 0. The molecule has 1 unspecified atom stereocenters. The molecule has 1 saturated heterocycles. The first-order valence-electron chi connectivity index (χ1n) is 7.38. The van der Waals surface area contributed by atoms with E-state index in [2.05, 4.69) is 51.2 Å². The van der Waals surface area contributed by atoms with E-state index < -0.39 is 0 Å². The lowest BCUT2D eigenvalue weighted by Crippen LogP contribution is -2.37. The van der Waals surface area contributed by atoms with Crippen LogP contribution in [0.25, 0.3) is 0 Å². The zero-order valence-electron chi connectivity index (χ0n) is 12.8. The Kier molecular flexibility index (Phi) is 4.64. The predicted octanol–water partition coefficient (Wildman–Crippen LogP) is 3.77. The van der Waals surface area contributed by atoms with Crippen LogP contribution in [0, 0.1) is 19.3 Å². The number of rotatable bonds is 4. The molecular weight excluding hydrogens is 234 g/mol. The number of ether oxygens (including phenoxy) is 1. The van der Waals surface area contributed by atoms with Crippen LogP contribution in [0.1, 0.15) is 49.4 Å². The Hall–Kier alpha value is -0.860. The van der Waals surface area contributed by atoms with Gasteiger partial charge in [-0.15, -0.1) is 0 Å². The highest BCUT2D eigenvalue weighted by molar-refractivity contribution is 5.30. The van der Waals surface area contributed by atoms with Crippen molar-refractivity contribution in [2.45, 2.75) is 46.6 Å². The minimum atomic E-state index is 0.394. The van der Waals surface area contributed by atoms with Crippen LogP contribution in [0.15, 0.2) is 18.2 Å². The van der Waals surface area contributed by atoms with Crippen LogP contribution < -0.4 is 5.32 Å². The SMILES string of the molecule is Cc1cc(C)cc(C(C)NCC2(C)CCOCC2)c1. The third-order valence-electron chi connectivity index (χ3n) is 4.28. The van der Waals surface area contributed by atoms with Crippen LogP contribution in [0.2, 0.25) is 0 Å². The van der Waals surface area contributed by atoms with Crippen LogP contribution >= 0.6 is 0 Å². The molecule has 0 spiro atoms. The maximum Gasteiger partial charge on any atom is 0.0471 e. The monoisotopic (exact) mass is 261 g/mol. The fourth-order valence-corrected chi connectivity index (χ4v) is 2.82. The van der Waals surface area contributed by atoms with Crippen molar-refractivity contribution in [2.75, 3.05) is 19.8 Å². The molecule has 2 rings (SSSR count). The Labute approximate surface area is 117 Å². The molecule has 1 atom stereocenters. The molecule has 0 saturated carbocycles. The largest absolute Gasteiger partial charge is 0.381 e. The Balaban J connectivity index is 1.95. The average molecular weight is 261 g/mol. The molecule has 0 radical (unpaired) electrons. The summed E-state index contributed by atoms with van der Waals surface area (Å²) in [5, 5.41) is 3.71. The maximum absolute atomic E-state index is 5.46. The van der Waals surface area contributed by atoms with Gasteiger partial charge in [0.25, 0.3) is 0 Å². The zero-order valence-corrected chi connectivity index (χ0v) is 12.8. The van der Waals surface area contributed by atoms with E-state index in [1.54, 1.807) is 0 Å². The van der Waals surface area contributed by atoms with Crippen LogP contribution in [-0.2, 0) is 4.74 Å². The van der Waals surface area contributed by atoms with Crippen molar-refractivity contribution in [3.63, 3.8) is 0 Å². The first kappa shape index (κ1) is 14.5. The second-order valence-electron chi connectivity index (χ2n) is 6.45. The van der Waals surface area contributed by atoms with E-state index in [0.717, 1.165) is 19.8 Å². The van der Waals surface area contributed by atoms with Crippen molar-refractivity contribution >= 4 is 0 Å². The van der Waals surface area contributed by atoms with Crippen LogP contribution in [0.3, 0.4) is 0 Å². The molecule has 0 aromatic heterocycles. The molecule has 1 aliphatic heterocycles. The highest BCUT2D eigenvalue weighted by Crippen LogP contribution is 2.29. The molecule has 19 heavy (non-hydrogen) atoms. The third kappa shape index (κ3) is 4.05. The third-order valence-corrected chi connectivity index (χ3v) is 4.28. The van der Waals surface area contributed by atoms with Crippen molar-refractivity contribution in [2.24, 2.45) is 5.41 Å². The van der Waals surface area contributed by atoms with E-state index in [1.807, 2.05) is 0 Å².